The van der Waals surface area contributed by atoms with Gasteiger partial charge in [-0.1, -0.05) is 0 Å². The molecule has 0 aliphatic heterocycles. The topological polar surface area (TPSA) is 92.8 Å². The van der Waals surface area contributed by atoms with Crippen molar-refractivity contribution in [3.05, 3.63) is 64.3 Å². The molecule has 8 nitrogen and oxygen atoms in total. The number of nitrogens with zero attached hydrogens (tertiary/aromatic N) is 2. The van der Waals surface area contributed by atoms with E-state index in [1.807, 2.05) is 0 Å². The van der Waals surface area contributed by atoms with E-state index in [0.29, 0.717) is 28.5 Å². The molecule has 0 fully saturated rings. The molecule has 140 valence electrons. The number of methoxy groups -OCH3 is 3. The molecule has 0 aliphatic carbocycles. The van der Waals surface area contributed by atoms with Crippen molar-refractivity contribution >= 4 is 5.97 Å². The first kappa shape index (κ1) is 18.2. The van der Waals surface area contributed by atoms with Gasteiger partial charge in [0.15, 0.2) is 0 Å². The summed E-state index contributed by atoms with van der Waals surface area (Å²) in [6, 6.07) is 11.4. The molecule has 0 N–H and O–H groups in total. The lowest BCUT2D eigenvalue weighted by Gasteiger charge is -2.11. The van der Waals surface area contributed by atoms with Crippen molar-refractivity contribution < 1.29 is 23.4 Å². The van der Waals surface area contributed by atoms with Crippen LogP contribution in [-0.4, -0.2) is 37.1 Å². The second kappa shape index (κ2) is 7.77. The first-order valence-corrected chi connectivity index (χ1v) is 8.03. The molecule has 0 saturated heterocycles. The van der Waals surface area contributed by atoms with Gasteiger partial charge in [0.05, 0.1) is 27.0 Å². The number of benzene rings is 1. The number of aromatic nitrogens is 2. The predicted octanol–water partition coefficient (Wildman–Crippen LogP) is 2.36. The summed E-state index contributed by atoms with van der Waals surface area (Å²) >= 11 is 0. The maximum Gasteiger partial charge on any atom is 0.373 e. The minimum absolute atomic E-state index is 0.0613. The average molecular weight is 370 g/mol. The van der Waals surface area contributed by atoms with Crippen LogP contribution in [0, 0.1) is 0 Å². The van der Waals surface area contributed by atoms with Crippen molar-refractivity contribution in [2.24, 2.45) is 0 Å². The fourth-order valence-corrected chi connectivity index (χ4v) is 2.54. The highest BCUT2D eigenvalue weighted by Crippen LogP contribution is 2.31. The molecule has 0 amide bonds. The van der Waals surface area contributed by atoms with Crippen LogP contribution in [0.2, 0.25) is 0 Å². The van der Waals surface area contributed by atoms with Gasteiger partial charge >= 0.3 is 5.97 Å². The summed E-state index contributed by atoms with van der Waals surface area (Å²) in [5, 5.41) is 4.39. The normalized spacial score (nSPS) is 10.5. The van der Waals surface area contributed by atoms with Gasteiger partial charge in [-0.2, -0.15) is 5.10 Å². The van der Waals surface area contributed by atoms with Gasteiger partial charge in [-0.15, -0.1) is 0 Å². The number of hydrogen-bond donors (Lipinski definition) is 0. The summed E-state index contributed by atoms with van der Waals surface area (Å²) in [6.07, 6.45) is 0. The van der Waals surface area contributed by atoms with E-state index in [4.69, 9.17) is 13.9 Å². The molecule has 8 heteroatoms. The lowest BCUT2D eigenvalue weighted by molar-refractivity contribution is 0.0562. The van der Waals surface area contributed by atoms with Gasteiger partial charge in [-0.05, 0) is 36.4 Å². The van der Waals surface area contributed by atoms with Gasteiger partial charge in [-0.25, -0.2) is 9.48 Å². The fraction of sp³-hybridized carbons (Fsp3) is 0.211. The summed E-state index contributed by atoms with van der Waals surface area (Å²) in [6.45, 7) is 0.0654. The van der Waals surface area contributed by atoms with Crippen LogP contribution >= 0.6 is 0 Å². The van der Waals surface area contributed by atoms with E-state index in [9.17, 15) is 9.59 Å². The molecular formula is C19H18N2O6. The lowest BCUT2D eigenvalue weighted by Crippen LogP contribution is -2.22. The smallest absolute Gasteiger partial charge is 0.373 e. The monoisotopic (exact) mass is 370 g/mol. The standard InChI is InChI=1S/C19H18N2O6/c1-24-12-4-7-16(25-2)14(10-12)15-6-9-18(22)21(20-15)11-13-5-8-17(27-13)19(23)26-3/h4-10H,11H2,1-3H3. The predicted molar refractivity (Wildman–Crippen MR) is 96.2 cm³/mol. The zero-order valence-corrected chi connectivity index (χ0v) is 15.1. The van der Waals surface area contributed by atoms with Crippen LogP contribution in [0.25, 0.3) is 11.3 Å². The van der Waals surface area contributed by atoms with Crippen LogP contribution < -0.4 is 15.0 Å². The molecule has 0 aliphatic rings. The van der Waals surface area contributed by atoms with Crippen molar-refractivity contribution in [2.45, 2.75) is 6.54 Å². The van der Waals surface area contributed by atoms with Crippen molar-refractivity contribution in [2.75, 3.05) is 21.3 Å². The number of ether oxygens (including phenoxy) is 3. The number of esters is 1. The molecular weight excluding hydrogens is 352 g/mol. The van der Waals surface area contributed by atoms with Crippen LogP contribution in [0.15, 0.2) is 51.7 Å². The molecule has 2 heterocycles. The Labute approximate surface area is 154 Å². The first-order chi connectivity index (χ1) is 13.0. The van der Waals surface area contributed by atoms with Crippen LogP contribution in [0.4, 0.5) is 0 Å². The summed E-state index contributed by atoms with van der Waals surface area (Å²) in [5.41, 5.74) is 0.905. The Balaban J connectivity index is 1.97. The molecule has 1 aromatic carbocycles. The molecule has 0 saturated carbocycles. The maximum absolute atomic E-state index is 12.2. The molecule has 0 radical (unpaired) electrons. The molecule has 0 bridgehead atoms. The Hall–Kier alpha value is -3.55. The zero-order valence-electron chi connectivity index (χ0n) is 15.1. The zero-order chi connectivity index (χ0) is 19.4. The minimum Gasteiger partial charge on any atom is -0.497 e. The average Bonchev–Trinajstić information content (AvgIpc) is 3.17. The fourth-order valence-electron chi connectivity index (χ4n) is 2.54. The Morgan fingerprint density at radius 2 is 1.89 bits per heavy atom. The number of rotatable bonds is 6. The SMILES string of the molecule is COC(=O)c1ccc(Cn2nc(-c3cc(OC)ccc3OC)ccc2=O)o1. The molecule has 3 rings (SSSR count). The van der Waals surface area contributed by atoms with E-state index in [1.54, 1.807) is 44.6 Å². The third-order valence-corrected chi connectivity index (χ3v) is 3.90. The lowest BCUT2D eigenvalue weighted by atomic mass is 10.1. The maximum atomic E-state index is 12.2. The van der Waals surface area contributed by atoms with Crippen molar-refractivity contribution in [1.29, 1.82) is 0 Å². The number of carbonyl (C=O) groups is 1. The summed E-state index contributed by atoms with van der Waals surface area (Å²) in [4.78, 5) is 23.7. The number of furan rings is 1. The van der Waals surface area contributed by atoms with E-state index in [-0.39, 0.29) is 17.9 Å². The highest BCUT2D eigenvalue weighted by Gasteiger charge is 2.14. The Morgan fingerprint density at radius 1 is 1.07 bits per heavy atom. The Kier molecular flexibility index (Phi) is 5.25. The summed E-state index contributed by atoms with van der Waals surface area (Å²) < 4.78 is 21.9. The first-order valence-electron chi connectivity index (χ1n) is 8.03. The molecule has 2 aromatic heterocycles. The van der Waals surface area contributed by atoms with Gasteiger partial charge in [0.25, 0.3) is 5.56 Å². The van der Waals surface area contributed by atoms with Crippen LogP contribution in [0.5, 0.6) is 11.5 Å². The molecule has 0 atom stereocenters. The third-order valence-electron chi connectivity index (χ3n) is 3.90. The van der Waals surface area contributed by atoms with E-state index in [2.05, 4.69) is 9.84 Å². The Bertz CT molecular complexity index is 1020. The number of hydrogen-bond acceptors (Lipinski definition) is 7. The van der Waals surface area contributed by atoms with Gasteiger partial charge in [0.1, 0.15) is 23.8 Å². The summed E-state index contributed by atoms with van der Waals surface area (Å²) in [7, 11) is 4.38. The van der Waals surface area contributed by atoms with E-state index in [1.165, 1.54) is 23.9 Å². The highest BCUT2D eigenvalue weighted by atomic mass is 16.5. The minimum atomic E-state index is -0.587. The highest BCUT2D eigenvalue weighted by molar-refractivity contribution is 5.86. The summed E-state index contributed by atoms with van der Waals surface area (Å²) in [5.74, 6) is 1.11. The second-order valence-corrected chi connectivity index (χ2v) is 5.54. The van der Waals surface area contributed by atoms with Crippen molar-refractivity contribution in [3.63, 3.8) is 0 Å². The van der Waals surface area contributed by atoms with Gasteiger partial charge in [0.2, 0.25) is 5.76 Å². The van der Waals surface area contributed by atoms with Gasteiger partial charge < -0.3 is 18.6 Å². The molecule has 0 unspecified atom stereocenters. The van der Waals surface area contributed by atoms with E-state index >= 15 is 0 Å². The van der Waals surface area contributed by atoms with Crippen LogP contribution in [0.1, 0.15) is 16.3 Å². The second-order valence-electron chi connectivity index (χ2n) is 5.54. The van der Waals surface area contributed by atoms with E-state index < -0.39 is 5.97 Å². The molecule has 0 spiro atoms. The third kappa shape index (κ3) is 3.84. The van der Waals surface area contributed by atoms with Crippen LogP contribution in [0.3, 0.4) is 0 Å². The van der Waals surface area contributed by atoms with E-state index in [0.717, 1.165) is 0 Å². The largest absolute Gasteiger partial charge is 0.497 e. The molecule has 3 aromatic rings. The van der Waals surface area contributed by atoms with Crippen molar-refractivity contribution in [3.8, 4) is 22.8 Å². The van der Waals surface area contributed by atoms with Crippen molar-refractivity contribution in [1.82, 2.24) is 9.78 Å². The Morgan fingerprint density at radius 3 is 2.59 bits per heavy atom. The molecule has 27 heavy (non-hydrogen) atoms. The number of carbonyl (C=O) groups excluding carboxylic acids is 1. The van der Waals surface area contributed by atoms with Gasteiger partial charge in [-0.3, -0.25) is 4.79 Å². The van der Waals surface area contributed by atoms with Crippen LogP contribution in [-0.2, 0) is 11.3 Å². The quantitative estimate of drug-likeness (QED) is 0.615. The van der Waals surface area contributed by atoms with Gasteiger partial charge in [0, 0.05) is 11.6 Å².